The van der Waals surface area contributed by atoms with Crippen LogP contribution in [0.25, 0.3) is 0 Å². The first kappa shape index (κ1) is 13.7. The van der Waals surface area contributed by atoms with Gasteiger partial charge in [0, 0.05) is 5.30 Å². The Bertz CT molecular complexity index is 346. The molecule has 0 aliphatic heterocycles. The maximum atomic E-state index is 5.86. The van der Waals surface area contributed by atoms with Crippen LogP contribution in [0, 0.1) is 0 Å². The van der Waals surface area contributed by atoms with Gasteiger partial charge in [-0.25, -0.2) is 0 Å². The number of rotatable bonds is 1. The molecule has 0 saturated carbocycles. The second kappa shape index (κ2) is 5.34. The van der Waals surface area contributed by atoms with Gasteiger partial charge in [0.2, 0.25) is 0 Å². The summed E-state index contributed by atoms with van der Waals surface area (Å²) in [6.45, 7) is -1.53. The SMILES string of the molecule is Clc1c(Cl)c(Cl)c(P(Cl)Cl)c(Cl)c1Cl. The van der Waals surface area contributed by atoms with Gasteiger partial charge in [0.05, 0.1) is 25.1 Å². The molecule has 0 nitrogen and oxygen atoms in total. The highest BCUT2D eigenvalue weighted by molar-refractivity contribution is 8.09. The molecule has 1 rings (SSSR count). The molecule has 0 aliphatic carbocycles. The molecular weight excluding hydrogens is 351 g/mol. The molecule has 0 N–H and O–H groups in total. The lowest BCUT2D eigenvalue weighted by molar-refractivity contribution is 1.75. The van der Waals surface area contributed by atoms with Crippen LogP contribution in [0.2, 0.25) is 25.1 Å². The van der Waals surface area contributed by atoms with Crippen molar-refractivity contribution in [2.75, 3.05) is 0 Å². The van der Waals surface area contributed by atoms with Crippen molar-refractivity contribution in [3.8, 4) is 0 Å². The molecule has 0 unspecified atom stereocenters. The molecule has 0 spiro atoms. The first-order valence-corrected chi connectivity index (χ1v) is 8.05. The Morgan fingerprint density at radius 2 is 0.857 bits per heavy atom. The third kappa shape index (κ3) is 2.50. The van der Waals surface area contributed by atoms with Crippen LogP contribution in [-0.2, 0) is 0 Å². The van der Waals surface area contributed by atoms with Crippen molar-refractivity contribution >= 4 is 92.4 Å². The van der Waals surface area contributed by atoms with E-state index in [-0.39, 0.29) is 25.1 Å². The van der Waals surface area contributed by atoms with E-state index in [1.807, 2.05) is 0 Å². The monoisotopic (exact) mass is 348 g/mol. The standard InChI is InChI=1S/C6Cl7P/c7-1-2(8)4(10)6(14(12)13)5(11)3(1)9. The van der Waals surface area contributed by atoms with Gasteiger partial charge in [-0.3, -0.25) is 0 Å². The molecule has 0 fully saturated rings. The van der Waals surface area contributed by atoms with Gasteiger partial charge in [-0.15, -0.1) is 0 Å². The maximum absolute atomic E-state index is 5.86. The fraction of sp³-hybridized carbons (Fsp3) is 0. The molecule has 0 bridgehead atoms. The van der Waals surface area contributed by atoms with Gasteiger partial charge in [-0.05, 0) is 0 Å². The summed E-state index contributed by atoms with van der Waals surface area (Å²) >= 11 is 40.5. The Balaban J connectivity index is 3.60. The molecule has 0 aliphatic rings. The molecule has 78 valence electrons. The highest BCUT2D eigenvalue weighted by Gasteiger charge is 2.23. The fourth-order valence-corrected chi connectivity index (χ4v) is 4.57. The molecular formula is C6Cl7P. The summed E-state index contributed by atoms with van der Waals surface area (Å²) in [6.07, 6.45) is 0. The van der Waals surface area contributed by atoms with Crippen LogP contribution in [0.5, 0.6) is 0 Å². The fourth-order valence-electron chi connectivity index (χ4n) is 0.742. The summed E-state index contributed by atoms with van der Waals surface area (Å²) in [7, 11) is 0. The summed E-state index contributed by atoms with van der Waals surface area (Å²) in [5.41, 5.74) is 0. The van der Waals surface area contributed by atoms with Crippen LogP contribution in [0.1, 0.15) is 0 Å². The number of hydrogen-bond donors (Lipinski definition) is 0. The summed E-state index contributed by atoms with van der Waals surface area (Å²) in [4.78, 5) is 0. The molecule has 1 aromatic rings. The second-order valence-corrected chi connectivity index (χ2v) is 7.50. The van der Waals surface area contributed by atoms with E-state index in [2.05, 4.69) is 0 Å². The molecule has 0 amide bonds. The van der Waals surface area contributed by atoms with Gasteiger partial charge in [-0.1, -0.05) is 80.5 Å². The Morgan fingerprint density at radius 1 is 0.571 bits per heavy atom. The molecule has 8 heteroatoms. The van der Waals surface area contributed by atoms with Gasteiger partial charge < -0.3 is 0 Å². The number of halogens is 7. The van der Waals surface area contributed by atoms with E-state index in [1.165, 1.54) is 0 Å². The zero-order valence-corrected chi connectivity index (χ0v) is 12.3. The lowest BCUT2D eigenvalue weighted by Crippen LogP contribution is -2.01. The minimum atomic E-state index is -1.53. The van der Waals surface area contributed by atoms with Crippen molar-refractivity contribution < 1.29 is 0 Å². The lowest BCUT2D eigenvalue weighted by atomic mass is 10.3. The minimum absolute atomic E-state index is 0.0947. The van der Waals surface area contributed by atoms with Gasteiger partial charge in [0.25, 0.3) is 0 Å². The smallest absolute Gasteiger partial charge is 0.0818 e. The molecule has 14 heavy (non-hydrogen) atoms. The van der Waals surface area contributed by atoms with Gasteiger partial charge in [-0.2, -0.15) is 0 Å². The molecule has 0 saturated heterocycles. The highest BCUT2D eigenvalue weighted by Crippen LogP contribution is 2.53. The van der Waals surface area contributed by atoms with E-state index in [1.54, 1.807) is 0 Å². The number of hydrogen-bond acceptors (Lipinski definition) is 0. The Hall–Kier alpha value is 1.68. The minimum Gasteiger partial charge on any atom is -0.0818 e. The van der Waals surface area contributed by atoms with E-state index in [4.69, 9.17) is 80.5 Å². The van der Waals surface area contributed by atoms with Gasteiger partial charge in [0.1, 0.15) is 6.63 Å². The van der Waals surface area contributed by atoms with Crippen molar-refractivity contribution in [3.63, 3.8) is 0 Å². The zero-order chi connectivity index (χ0) is 11.0. The highest BCUT2D eigenvalue weighted by atomic mass is 35.9. The molecule has 0 radical (unpaired) electrons. The van der Waals surface area contributed by atoms with Crippen molar-refractivity contribution in [3.05, 3.63) is 25.1 Å². The van der Waals surface area contributed by atoms with E-state index in [9.17, 15) is 0 Å². The molecule has 0 atom stereocenters. The first-order chi connectivity index (χ1) is 6.37. The first-order valence-electron chi connectivity index (χ1n) is 3.01. The Morgan fingerprint density at radius 3 is 1.14 bits per heavy atom. The van der Waals surface area contributed by atoms with Crippen LogP contribution in [-0.4, -0.2) is 0 Å². The van der Waals surface area contributed by atoms with Crippen molar-refractivity contribution in [2.24, 2.45) is 0 Å². The summed E-state index contributed by atoms with van der Waals surface area (Å²) in [5.74, 6) is 0. The van der Waals surface area contributed by atoms with Crippen molar-refractivity contribution in [1.29, 1.82) is 0 Å². The predicted octanol–water partition coefficient (Wildman–Crippen LogP) is 6.37. The maximum Gasteiger partial charge on any atom is 0.120 e. The van der Waals surface area contributed by atoms with Crippen LogP contribution in [0.4, 0.5) is 0 Å². The summed E-state index contributed by atoms with van der Waals surface area (Å²) < 4.78 is 0. The molecule has 1 aromatic carbocycles. The second-order valence-electron chi connectivity index (χ2n) is 2.15. The van der Waals surface area contributed by atoms with E-state index >= 15 is 0 Å². The van der Waals surface area contributed by atoms with Gasteiger partial charge in [0.15, 0.2) is 0 Å². The quantitative estimate of drug-likeness (QED) is 0.313. The van der Waals surface area contributed by atoms with Crippen LogP contribution >= 0.6 is 87.1 Å². The molecule has 0 heterocycles. The summed E-state index contributed by atoms with van der Waals surface area (Å²) in [6, 6.07) is 0. The Labute approximate surface area is 117 Å². The third-order valence-corrected chi connectivity index (χ3v) is 5.70. The van der Waals surface area contributed by atoms with Gasteiger partial charge >= 0.3 is 0 Å². The molecule has 0 aromatic heterocycles. The Kier molecular flexibility index (Phi) is 5.24. The van der Waals surface area contributed by atoms with E-state index in [0.29, 0.717) is 5.30 Å². The average Bonchev–Trinajstić information content (AvgIpc) is 2.11. The van der Waals surface area contributed by atoms with E-state index in [0.717, 1.165) is 0 Å². The normalized spacial score (nSPS) is 11.1. The largest absolute Gasteiger partial charge is 0.120 e. The van der Waals surface area contributed by atoms with Crippen molar-refractivity contribution in [1.82, 2.24) is 0 Å². The third-order valence-electron chi connectivity index (χ3n) is 1.36. The average molecular weight is 351 g/mol. The predicted molar refractivity (Wildman–Crippen MR) is 69.8 cm³/mol. The van der Waals surface area contributed by atoms with Crippen LogP contribution in [0.3, 0.4) is 0 Å². The van der Waals surface area contributed by atoms with E-state index < -0.39 is 6.63 Å². The lowest BCUT2D eigenvalue weighted by Gasteiger charge is -2.11. The van der Waals surface area contributed by atoms with Crippen LogP contribution < -0.4 is 5.30 Å². The summed E-state index contributed by atoms with van der Waals surface area (Å²) in [5, 5.41) is 0.908. The number of benzene rings is 1. The zero-order valence-electron chi connectivity index (χ0n) is 6.09. The van der Waals surface area contributed by atoms with Crippen LogP contribution in [0.15, 0.2) is 0 Å². The topological polar surface area (TPSA) is 0 Å². The van der Waals surface area contributed by atoms with Crippen molar-refractivity contribution in [2.45, 2.75) is 0 Å².